The van der Waals surface area contributed by atoms with Crippen molar-refractivity contribution in [2.24, 2.45) is 10.2 Å². The third-order valence-electron chi connectivity index (χ3n) is 4.07. The molecule has 0 saturated heterocycles. The molecule has 0 bridgehead atoms. The zero-order valence-corrected chi connectivity index (χ0v) is 15.8. The maximum Gasteiger partial charge on any atom is 0.416 e. The summed E-state index contributed by atoms with van der Waals surface area (Å²) in [5, 5.41) is 15.2. The molecule has 3 aromatic rings. The van der Waals surface area contributed by atoms with E-state index in [1.807, 2.05) is 0 Å². The summed E-state index contributed by atoms with van der Waals surface area (Å²) < 4.78 is 50.1. The highest BCUT2D eigenvalue weighted by molar-refractivity contribution is 7.99. The molecule has 2 aromatic heterocycles. The number of nitrogens with zero attached hydrogens (tertiary/aromatic N) is 4. The lowest BCUT2D eigenvalue weighted by atomic mass is 10.1. The molecule has 0 saturated carbocycles. The molecular weight excluding hydrogens is 407 g/mol. The van der Waals surface area contributed by atoms with Crippen LogP contribution in [0.2, 0.25) is 0 Å². The maximum absolute atomic E-state index is 13.1. The van der Waals surface area contributed by atoms with Crippen molar-refractivity contribution in [3.8, 4) is 28.7 Å². The van der Waals surface area contributed by atoms with Crippen LogP contribution in [0.1, 0.15) is 12.0 Å². The molecule has 4 rings (SSSR count). The van der Waals surface area contributed by atoms with Crippen LogP contribution < -0.4 is 4.74 Å². The predicted molar refractivity (Wildman–Crippen MR) is 102 cm³/mol. The van der Waals surface area contributed by atoms with Crippen LogP contribution in [0.3, 0.4) is 0 Å². The highest BCUT2D eigenvalue weighted by Gasteiger charge is 2.31. The molecule has 1 aliphatic heterocycles. The van der Waals surface area contributed by atoms with E-state index in [2.05, 4.69) is 25.4 Å². The number of nitrogens with one attached hydrogen (secondary N) is 1. The highest BCUT2D eigenvalue weighted by atomic mass is 32.2. The fraction of sp³-hybridized carbons (Fsp3) is 0.222. The number of H-pyrrole nitrogens is 1. The fourth-order valence-corrected chi connectivity index (χ4v) is 3.39. The number of benzene rings is 1. The van der Waals surface area contributed by atoms with Crippen LogP contribution in [-0.2, 0) is 6.18 Å². The highest BCUT2D eigenvalue weighted by Crippen LogP contribution is 2.38. The third kappa shape index (κ3) is 4.19. The van der Waals surface area contributed by atoms with Crippen molar-refractivity contribution in [2.75, 3.05) is 12.9 Å². The molecule has 1 aromatic carbocycles. The smallest absolute Gasteiger partial charge is 0.416 e. The molecule has 1 aliphatic rings. The van der Waals surface area contributed by atoms with Crippen LogP contribution in [0.15, 0.2) is 50.1 Å². The number of hydrogen-bond acceptors (Lipinski definition) is 7. The minimum absolute atomic E-state index is 0.196. The van der Waals surface area contributed by atoms with Gasteiger partial charge in [0, 0.05) is 18.4 Å². The Morgan fingerprint density at radius 3 is 2.76 bits per heavy atom. The summed E-state index contributed by atoms with van der Waals surface area (Å²) in [6, 6.07) is 6.39. The monoisotopic (exact) mass is 421 g/mol. The number of halogens is 3. The maximum atomic E-state index is 13.1. The molecular formula is C18H14F3N5O2S. The summed E-state index contributed by atoms with van der Waals surface area (Å²) in [5.41, 5.74) is 0.337. The molecule has 7 nitrogen and oxygen atoms in total. The van der Waals surface area contributed by atoms with Crippen molar-refractivity contribution in [2.45, 2.75) is 17.8 Å². The van der Waals surface area contributed by atoms with E-state index in [1.54, 1.807) is 18.3 Å². The minimum Gasteiger partial charge on any atom is -0.496 e. The fourth-order valence-electron chi connectivity index (χ4n) is 2.65. The Bertz CT molecular complexity index is 1090. The zero-order valence-electron chi connectivity index (χ0n) is 15.0. The molecule has 0 aliphatic carbocycles. The molecule has 1 N–H and O–H groups in total. The molecule has 0 spiro atoms. The summed E-state index contributed by atoms with van der Waals surface area (Å²) in [5.74, 6) is 1.83. The SMILES string of the molecule is COc1ccc(C(F)(F)F)cc1-c1ccc(-c2nc(SCC3=NN=CC3)n[nH]2)o1. The van der Waals surface area contributed by atoms with Crippen LogP contribution in [0, 0.1) is 0 Å². The Hall–Kier alpha value is -3.08. The summed E-state index contributed by atoms with van der Waals surface area (Å²) in [4.78, 5) is 4.34. The first-order chi connectivity index (χ1) is 13.9. The Kier molecular flexibility index (Phi) is 5.14. The number of aromatic amines is 1. The van der Waals surface area contributed by atoms with Gasteiger partial charge in [-0.1, -0.05) is 11.8 Å². The Morgan fingerprint density at radius 1 is 1.21 bits per heavy atom. The van der Waals surface area contributed by atoms with E-state index in [1.165, 1.54) is 24.9 Å². The van der Waals surface area contributed by atoms with E-state index >= 15 is 0 Å². The van der Waals surface area contributed by atoms with Gasteiger partial charge in [-0.25, -0.2) is 0 Å². The molecule has 150 valence electrons. The van der Waals surface area contributed by atoms with Gasteiger partial charge in [0.15, 0.2) is 11.6 Å². The number of thioether (sulfide) groups is 1. The van der Waals surface area contributed by atoms with Crippen LogP contribution in [0.5, 0.6) is 5.75 Å². The Balaban J connectivity index is 1.56. The molecule has 0 fully saturated rings. The molecule has 3 heterocycles. The number of methoxy groups -OCH3 is 1. The van der Waals surface area contributed by atoms with Crippen molar-refractivity contribution in [3.05, 3.63) is 35.9 Å². The van der Waals surface area contributed by atoms with Gasteiger partial charge in [0.1, 0.15) is 11.5 Å². The van der Waals surface area contributed by atoms with E-state index < -0.39 is 11.7 Å². The van der Waals surface area contributed by atoms with Gasteiger partial charge in [-0.3, -0.25) is 5.10 Å². The number of hydrogen-bond donors (Lipinski definition) is 1. The van der Waals surface area contributed by atoms with Gasteiger partial charge in [0.05, 0.1) is 23.9 Å². The molecule has 0 unspecified atom stereocenters. The lowest BCUT2D eigenvalue weighted by molar-refractivity contribution is -0.137. The van der Waals surface area contributed by atoms with Crippen molar-refractivity contribution < 1.29 is 22.3 Å². The summed E-state index contributed by atoms with van der Waals surface area (Å²) in [6.07, 6.45) is -2.03. The number of ether oxygens (including phenoxy) is 1. The minimum atomic E-state index is -4.47. The van der Waals surface area contributed by atoms with E-state index in [4.69, 9.17) is 9.15 Å². The van der Waals surface area contributed by atoms with Gasteiger partial charge in [-0.15, -0.1) is 5.10 Å². The molecule has 29 heavy (non-hydrogen) atoms. The summed E-state index contributed by atoms with van der Waals surface area (Å²) in [6.45, 7) is 0. The van der Waals surface area contributed by atoms with Gasteiger partial charge in [-0.2, -0.15) is 28.4 Å². The topological polar surface area (TPSA) is 88.7 Å². The van der Waals surface area contributed by atoms with E-state index in [0.717, 1.165) is 17.8 Å². The first-order valence-electron chi connectivity index (χ1n) is 8.42. The average molecular weight is 421 g/mol. The first-order valence-corrected chi connectivity index (χ1v) is 9.41. The van der Waals surface area contributed by atoms with Crippen molar-refractivity contribution in [1.82, 2.24) is 15.2 Å². The second-order valence-electron chi connectivity index (χ2n) is 6.00. The van der Waals surface area contributed by atoms with Gasteiger partial charge in [0.25, 0.3) is 0 Å². The van der Waals surface area contributed by atoms with E-state index in [0.29, 0.717) is 28.9 Å². The largest absolute Gasteiger partial charge is 0.496 e. The van der Waals surface area contributed by atoms with E-state index in [9.17, 15) is 13.2 Å². The van der Waals surface area contributed by atoms with Gasteiger partial charge in [-0.05, 0) is 30.3 Å². The number of alkyl halides is 3. The normalized spacial score (nSPS) is 13.7. The summed E-state index contributed by atoms with van der Waals surface area (Å²) >= 11 is 1.40. The number of rotatable bonds is 6. The van der Waals surface area contributed by atoms with Gasteiger partial charge in [0.2, 0.25) is 5.16 Å². The predicted octanol–water partition coefficient (Wildman–Crippen LogP) is 4.68. The quantitative estimate of drug-likeness (QED) is 0.584. The number of aromatic nitrogens is 3. The standard InChI is InChI=1S/C18H14F3N5O2S/c1-27-13-3-2-10(18(19,20)21)8-12(13)14-4-5-15(28-14)16-23-17(26-25-16)29-9-11-6-7-22-24-11/h2-5,7-8H,6,9H2,1H3,(H,23,25,26). The number of furan rings is 1. The molecule has 0 atom stereocenters. The zero-order chi connectivity index (χ0) is 20.4. The second-order valence-corrected chi connectivity index (χ2v) is 6.94. The van der Waals surface area contributed by atoms with Crippen molar-refractivity contribution in [1.29, 1.82) is 0 Å². The average Bonchev–Trinajstić information content (AvgIpc) is 3.46. The Labute approximate surface area is 167 Å². The third-order valence-corrected chi connectivity index (χ3v) is 4.99. The first kappa shape index (κ1) is 19.2. The molecule has 11 heteroatoms. The van der Waals surface area contributed by atoms with Gasteiger partial charge < -0.3 is 9.15 Å². The van der Waals surface area contributed by atoms with Crippen molar-refractivity contribution >= 4 is 23.7 Å². The van der Waals surface area contributed by atoms with Gasteiger partial charge >= 0.3 is 6.18 Å². The Morgan fingerprint density at radius 2 is 2.03 bits per heavy atom. The van der Waals surface area contributed by atoms with Crippen molar-refractivity contribution in [3.63, 3.8) is 0 Å². The van der Waals surface area contributed by atoms with Crippen LogP contribution in [0.25, 0.3) is 22.9 Å². The van der Waals surface area contributed by atoms with E-state index in [-0.39, 0.29) is 17.1 Å². The molecule has 0 radical (unpaired) electrons. The summed E-state index contributed by atoms with van der Waals surface area (Å²) in [7, 11) is 1.38. The lowest BCUT2D eigenvalue weighted by Crippen LogP contribution is -2.05. The van der Waals surface area contributed by atoms with Crippen LogP contribution >= 0.6 is 11.8 Å². The van der Waals surface area contributed by atoms with Crippen LogP contribution in [-0.4, -0.2) is 40.0 Å². The lowest BCUT2D eigenvalue weighted by Gasteiger charge is -2.11. The second kappa shape index (κ2) is 7.74. The van der Waals surface area contributed by atoms with Crippen LogP contribution in [0.4, 0.5) is 13.2 Å². The molecule has 0 amide bonds.